The van der Waals surface area contributed by atoms with Crippen molar-refractivity contribution < 1.29 is 4.39 Å². The number of nitrogens with one attached hydrogen (secondary N) is 1. The van der Waals surface area contributed by atoms with Crippen molar-refractivity contribution in [2.45, 2.75) is 20.0 Å². The van der Waals surface area contributed by atoms with Crippen LogP contribution in [0.1, 0.15) is 15.3 Å². The lowest BCUT2D eigenvalue weighted by Crippen LogP contribution is -2.11. The fraction of sp³-hybridized carbons (Fsp3) is 0.231. The molecule has 1 nitrogen and oxygen atoms in total. The zero-order valence-corrected chi connectivity index (χ0v) is 11.2. The molecule has 0 unspecified atom stereocenters. The van der Waals surface area contributed by atoms with Crippen LogP contribution in [0.5, 0.6) is 0 Å². The maximum absolute atomic E-state index is 12.7. The van der Waals surface area contributed by atoms with E-state index in [-0.39, 0.29) is 18.2 Å². The molecule has 0 saturated heterocycles. The van der Waals surface area contributed by atoms with Crippen molar-refractivity contribution in [3.8, 4) is 0 Å². The van der Waals surface area contributed by atoms with Crippen LogP contribution in [0.3, 0.4) is 0 Å². The van der Waals surface area contributed by atoms with Gasteiger partial charge in [0.1, 0.15) is 5.82 Å². The van der Waals surface area contributed by atoms with Crippen molar-refractivity contribution >= 4 is 23.7 Å². The summed E-state index contributed by atoms with van der Waals surface area (Å²) in [6.45, 7) is 3.75. The van der Waals surface area contributed by atoms with Gasteiger partial charge in [-0.2, -0.15) is 0 Å². The standard InChI is InChI=1S/C13H14FNS.ClH/c1-10-2-7-13(16-10)9-15-8-11-3-5-12(14)6-4-11;/h2-7,15H,8-9H2,1H3;1H. The molecule has 2 rings (SSSR count). The Bertz CT molecular complexity index is 453. The van der Waals surface area contributed by atoms with Gasteiger partial charge in [-0.15, -0.1) is 23.7 Å². The molecular weight excluding hydrogens is 257 g/mol. The molecule has 92 valence electrons. The van der Waals surface area contributed by atoms with Crippen molar-refractivity contribution in [1.82, 2.24) is 5.32 Å². The topological polar surface area (TPSA) is 12.0 Å². The molecule has 17 heavy (non-hydrogen) atoms. The lowest BCUT2D eigenvalue weighted by Gasteiger charge is -2.03. The van der Waals surface area contributed by atoms with Gasteiger partial charge < -0.3 is 5.32 Å². The first-order valence-corrected chi connectivity index (χ1v) is 6.06. The molecule has 0 bridgehead atoms. The number of benzene rings is 1. The van der Waals surface area contributed by atoms with Crippen molar-refractivity contribution in [2.24, 2.45) is 0 Å². The first-order chi connectivity index (χ1) is 7.74. The Hall–Kier alpha value is -0.900. The normalized spacial score (nSPS) is 10.0. The molecule has 1 aromatic heterocycles. The highest BCUT2D eigenvalue weighted by Crippen LogP contribution is 2.14. The van der Waals surface area contributed by atoms with Gasteiger partial charge in [-0.3, -0.25) is 0 Å². The van der Waals surface area contributed by atoms with Gasteiger partial charge in [-0.1, -0.05) is 12.1 Å². The van der Waals surface area contributed by atoms with E-state index in [2.05, 4.69) is 24.4 Å². The smallest absolute Gasteiger partial charge is 0.123 e. The summed E-state index contributed by atoms with van der Waals surface area (Å²) in [6, 6.07) is 10.9. The summed E-state index contributed by atoms with van der Waals surface area (Å²) in [4.78, 5) is 2.66. The number of halogens is 2. The maximum atomic E-state index is 12.7. The lowest BCUT2D eigenvalue weighted by molar-refractivity contribution is 0.625. The molecular formula is C13H15ClFNS. The number of aryl methyl sites for hydroxylation is 1. The monoisotopic (exact) mass is 271 g/mol. The van der Waals surface area contributed by atoms with Crippen LogP contribution in [-0.2, 0) is 13.1 Å². The van der Waals surface area contributed by atoms with Gasteiger partial charge in [0.2, 0.25) is 0 Å². The van der Waals surface area contributed by atoms with E-state index < -0.39 is 0 Å². The second-order valence-electron chi connectivity index (χ2n) is 3.74. The van der Waals surface area contributed by atoms with Gasteiger partial charge in [0.25, 0.3) is 0 Å². The molecule has 0 radical (unpaired) electrons. The highest BCUT2D eigenvalue weighted by atomic mass is 35.5. The number of thiophene rings is 1. The Balaban J connectivity index is 0.00000144. The minimum absolute atomic E-state index is 0. The molecule has 0 aliphatic carbocycles. The Morgan fingerprint density at radius 3 is 2.35 bits per heavy atom. The third kappa shape index (κ3) is 4.46. The SMILES string of the molecule is Cc1ccc(CNCc2ccc(F)cc2)s1.Cl. The molecule has 0 aliphatic heterocycles. The number of hydrogen-bond acceptors (Lipinski definition) is 2. The Labute approximate surface area is 111 Å². The Kier molecular flexibility index (Phi) is 5.62. The van der Waals surface area contributed by atoms with E-state index >= 15 is 0 Å². The van der Waals surface area contributed by atoms with Gasteiger partial charge in [0, 0.05) is 22.8 Å². The van der Waals surface area contributed by atoms with E-state index in [1.165, 1.54) is 21.9 Å². The van der Waals surface area contributed by atoms with Crippen LogP contribution < -0.4 is 5.32 Å². The van der Waals surface area contributed by atoms with Crippen LogP contribution in [0.4, 0.5) is 4.39 Å². The van der Waals surface area contributed by atoms with Crippen LogP contribution in [0.25, 0.3) is 0 Å². The third-order valence-corrected chi connectivity index (χ3v) is 3.34. The minimum Gasteiger partial charge on any atom is -0.308 e. The first-order valence-electron chi connectivity index (χ1n) is 5.24. The highest BCUT2D eigenvalue weighted by Gasteiger charge is 1.97. The largest absolute Gasteiger partial charge is 0.308 e. The molecule has 0 fully saturated rings. The van der Waals surface area contributed by atoms with Gasteiger partial charge >= 0.3 is 0 Å². The van der Waals surface area contributed by atoms with Crippen molar-refractivity contribution in [3.05, 3.63) is 57.5 Å². The zero-order chi connectivity index (χ0) is 11.4. The van der Waals surface area contributed by atoms with Crippen molar-refractivity contribution in [2.75, 3.05) is 0 Å². The van der Waals surface area contributed by atoms with Crippen LogP contribution in [0.15, 0.2) is 36.4 Å². The second kappa shape index (κ2) is 6.74. The van der Waals surface area contributed by atoms with E-state index in [9.17, 15) is 4.39 Å². The molecule has 1 N–H and O–H groups in total. The average molecular weight is 272 g/mol. The van der Waals surface area contributed by atoms with E-state index in [0.717, 1.165) is 18.7 Å². The molecule has 2 aromatic rings. The molecule has 0 aliphatic rings. The van der Waals surface area contributed by atoms with E-state index in [1.807, 2.05) is 12.1 Å². The predicted molar refractivity (Wildman–Crippen MR) is 73.2 cm³/mol. The van der Waals surface area contributed by atoms with Crippen LogP contribution in [-0.4, -0.2) is 0 Å². The maximum Gasteiger partial charge on any atom is 0.123 e. The molecule has 0 atom stereocenters. The molecule has 1 heterocycles. The van der Waals surface area contributed by atoms with E-state index in [1.54, 1.807) is 11.3 Å². The predicted octanol–water partition coefficient (Wildman–Crippen LogP) is 3.91. The molecule has 0 spiro atoms. The lowest BCUT2D eigenvalue weighted by atomic mass is 10.2. The highest BCUT2D eigenvalue weighted by molar-refractivity contribution is 7.11. The Morgan fingerprint density at radius 2 is 1.76 bits per heavy atom. The average Bonchev–Trinajstić information content (AvgIpc) is 2.67. The van der Waals surface area contributed by atoms with E-state index in [0.29, 0.717) is 0 Å². The summed E-state index contributed by atoms with van der Waals surface area (Å²) in [5, 5.41) is 3.34. The third-order valence-electron chi connectivity index (χ3n) is 2.34. The number of rotatable bonds is 4. The van der Waals surface area contributed by atoms with Gasteiger partial charge in [-0.05, 0) is 36.8 Å². The van der Waals surface area contributed by atoms with Gasteiger partial charge in [0.05, 0.1) is 0 Å². The summed E-state index contributed by atoms with van der Waals surface area (Å²) in [5.41, 5.74) is 1.11. The van der Waals surface area contributed by atoms with E-state index in [4.69, 9.17) is 0 Å². The zero-order valence-electron chi connectivity index (χ0n) is 9.57. The van der Waals surface area contributed by atoms with Crippen molar-refractivity contribution in [3.63, 3.8) is 0 Å². The van der Waals surface area contributed by atoms with Gasteiger partial charge in [-0.25, -0.2) is 4.39 Å². The molecule has 0 amide bonds. The fourth-order valence-corrected chi connectivity index (χ4v) is 2.37. The summed E-state index contributed by atoms with van der Waals surface area (Å²) >= 11 is 1.80. The minimum atomic E-state index is -0.183. The summed E-state index contributed by atoms with van der Waals surface area (Å²) in [7, 11) is 0. The van der Waals surface area contributed by atoms with Crippen molar-refractivity contribution in [1.29, 1.82) is 0 Å². The summed E-state index contributed by atoms with van der Waals surface area (Å²) in [6.07, 6.45) is 0. The van der Waals surface area contributed by atoms with Crippen LogP contribution in [0, 0.1) is 12.7 Å². The molecule has 1 aromatic carbocycles. The molecule has 4 heteroatoms. The summed E-state index contributed by atoms with van der Waals surface area (Å²) in [5.74, 6) is -0.183. The van der Waals surface area contributed by atoms with Gasteiger partial charge in [0.15, 0.2) is 0 Å². The second-order valence-corrected chi connectivity index (χ2v) is 5.11. The number of hydrogen-bond donors (Lipinski definition) is 1. The molecule has 0 saturated carbocycles. The Morgan fingerprint density at radius 1 is 1.06 bits per heavy atom. The summed E-state index contributed by atoms with van der Waals surface area (Å²) < 4.78 is 12.7. The van der Waals surface area contributed by atoms with Crippen LogP contribution >= 0.6 is 23.7 Å². The van der Waals surface area contributed by atoms with Crippen LogP contribution in [0.2, 0.25) is 0 Å². The fourth-order valence-electron chi connectivity index (χ4n) is 1.51. The first kappa shape index (κ1) is 14.2. The quantitative estimate of drug-likeness (QED) is 0.889.